The van der Waals surface area contributed by atoms with Crippen LogP contribution in [-0.2, 0) is 20.8 Å². The molecule has 0 amide bonds. The van der Waals surface area contributed by atoms with Gasteiger partial charge in [0.05, 0.1) is 26.4 Å². The Bertz CT molecular complexity index is 687. The lowest BCUT2D eigenvalue weighted by Crippen LogP contribution is -2.37. The predicted octanol–water partition coefficient (Wildman–Crippen LogP) is 3.73. The average Bonchev–Trinajstić information content (AvgIpc) is 3.25. The number of hydrogen-bond acceptors (Lipinski definition) is 5. The Kier molecular flexibility index (Phi) is 11.8. The molecule has 0 radical (unpaired) electrons. The summed E-state index contributed by atoms with van der Waals surface area (Å²) in [5.41, 5.74) is 2.25. The van der Waals surface area contributed by atoms with Crippen LogP contribution in [0.4, 0.5) is 0 Å². The van der Waals surface area contributed by atoms with E-state index in [1.54, 1.807) is 0 Å². The second-order valence-corrected chi connectivity index (χ2v) is 7.81. The van der Waals surface area contributed by atoms with Crippen molar-refractivity contribution in [3.63, 3.8) is 0 Å². The highest BCUT2D eigenvalue weighted by Gasteiger charge is 2.18. The largest absolute Gasteiger partial charge is 0.488 e. The van der Waals surface area contributed by atoms with E-state index in [1.807, 2.05) is 6.92 Å². The molecule has 174 valence electrons. The van der Waals surface area contributed by atoms with Crippen LogP contribution in [0.15, 0.2) is 23.2 Å². The molecule has 1 aromatic rings. The van der Waals surface area contributed by atoms with Crippen molar-refractivity contribution in [2.75, 3.05) is 32.9 Å². The minimum atomic E-state index is -0.0953. The molecule has 1 atom stereocenters. The maximum absolute atomic E-state index is 11.3. The monoisotopic (exact) mass is 433 g/mol. The second kappa shape index (κ2) is 14.7. The van der Waals surface area contributed by atoms with Gasteiger partial charge in [0.15, 0.2) is 5.96 Å². The third kappa shape index (κ3) is 10.0. The Balaban J connectivity index is 1.78. The van der Waals surface area contributed by atoms with E-state index in [1.165, 1.54) is 5.56 Å². The van der Waals surface area contributed by atoms with Crippen molar-refractivity contribution >= 4 is 11.9 Å². The zero-order chi connectivity index (χ0) is 22.3. The van der Waals surface area contributed by atoms with E-state index in [9.17, 15) is 4.79 Å². The zero-order valence-corrected chi connectivity index (χ0v) is 19.4. The van der Waals surface area contributed by atoms with E-state index in [-0.39, 0.29) is 12.1 Å². The molecule has 2 N–H and O–H groups in total. The summed E-state index contributed by atoms with van der Waals surface area (Å²) in [4.78, 5) is 16.1. The minimum absolute atomic E-state index is 0.0953. The number of rotatable bonds is 13. The number of ether oxygens (including phenoxy) is 3. The van der Waals surface area contributed by atoms with Crippen LogP contribution >= 0.6 is 0 Å². The van der Waals surface area contributed by atoms with Gasteiger partial charge >= 0.3 is 5.97 Å². The van der Waals surface area contributed by atoms with Gasteiger partial charge in [-0.15, -0.1) is 0 Å². The molecule has 2 rings (SSSR count). The molecule has 1 saturated heterocycles. The molecule has 1 heterocycles. The van der Waals surface area contributed by atoms with Gasteiger partial charge in [0.1, 0.15) is 11.9 Å². The van der Waals surface area contributed by atoms with E-state index < -0.39 is 0 Å². The van der Waals surface area contributed by atoms with Crippen molar-refractivity contribution in [1.29, 1.82) is 0 Å². The number of carbonyl (C=O) groups excluding carboxylic acids is 1. The lowest BCUT2D eigenvalue weighted by Gasteiger charge is -2.16. The maximum Gasteiger partial charge on any atom is 0.305 e. The molecule has 0 saturated carbocycles. The number of unbranched alkanes of at least 4 members (excludes halogenated alkanes) is 3. The Labute approximate surface area is 186 Å². The number of carbonyl (C=O) groups is 1. The molecule has 1 aliphatic rings. The minimum Gasteiger partial charge on any atom is -0.488 e. The van der Waals surface area contributed by atoms with Gasteiger partial charge in [-0.3, -0.25) is 4.79 Å². The van der Waals surface area contributed by atoms with Gasteiger partial charge < -0.3 is 24.8 Å². The summed E-state index contributed by atoms with van der Waals surface area (Å²) in [6, 6.07) is 6.27. The molecule has 0 spiro atoms. The van der Waals surface area contributed by atoms with Gasteiger partial charge in [0.25, 0.3) is 0 Å². The number of aliphatic imine (C=N–C) groups is 1. The molecule has 1 aliphatic heterocycles. The average molecular weight is 434 g/mol. The molecule has 0 aromatic heterocycles. The summed E-state index contributed by atoms with van der Waals surface area (Å²) < 4.78 is 16.6. The van der Waals surface area contributed by atoms with Crippen LogP contribution in [0.1, 0.15) is 63.5 Å². The summed E-state index contributed by atoms with van der Waals surface area (Å²) in [5, 5.41) is 6.71. The van der Waals surface area contributed by atoms with Crippen LogP contribution in [0, 0.1) is 6.92 Å². The molecule has 1 aromatic carbocycles. The Morgan fingerprint density at radius 2 is 2.03 bits per heavy atom. The first-order valence-corrected chi connectivity index (χ1v) is 11.6. The maximum atomic E-state index is 11.3. The van der Waals surface area contributed by atoms with Crippen LogP contribution in [-0.4, -0.2) is 50.9 Å². The highest BCUT2D eigenvalue weighted by Crippen LogP contribution is 2.24. The van der Waals surface area contributed by atoms with Gasteiger partial charge in [-0.05, 0) is 45.2 Å². The van der Waals surface area contributed by atoms with Crippen molar-refractivity contribution in [2.45, 2.75) is 71.9 Å². The molecule has 31 heavy (non-hydrogen) atoms. The summed E-state index contributed by atoms with van der Waals surface area (Å²) in [6.45, 7) is 10.1. The van der Waals surface area contributed by atoms with Gasteiger partial charge in [-0.1, -0.05) is 25.0 Å². The zero-order valence-electron chi connectivity index (χ0n) is 19.4. The number of esters is 1. The number of benzene rings is 1. The molecule has 7 heteroatoms. The predicted molar refractivity (Wildman–Crippen MR) is 124 cm³/mol. The van der Waals surface area contributed by atoms with E-state index >= 15 is 0 Å². The third-order valence-corrected chi connectivity index (χ3v) is 5.06. The van der Waals surface area contributed by atoms with Gasteiger partial charge in [0.2, 0.25) is 0 Å². The topological polar surface area (TPSA) is 81.2 Å². The number of nitrogens with zero attached hydrogens (tertiary/aromatic N) is 1. The van der Waals surface area contributed by atoms with Crippen LogP contribution in [0.3, 0.4) is 0 Å². The summed E-state index contributed by atoms with van der Waals surface area (Å²) in [5.74, 6) is 1.61. The Morgan fingerprint density at radius 1 is 1.19 bits per heavy atom. The van der Waals surface area contributed by atoms with Crippen LogP contribution in [0.2, 0.25) is 0 Å². The number of guanidine groups is 1. The van der Waals surface area contributed by atoms with Gasteiger partial charge in [0, 0.05) is 31.5 Å². The van der Waals surface area contributed by atoms with Crippen molar-refractivity contribution in [2.24, 2.45) is 4.99 Å². The van der Waals surface area contributed by atoms with Crippen LogP contribution in [0.5, 0.6) is 5.75 Å². The third-order valence-electron chi connectivity index (χ3n) is 5.06. The van der Waals surface area contributed by atoms with Crippen molar-refractivity contribution < 1.29 is 19.0 Å². The second-order valence-electron chi connectivity index (χ2n) is 7.81. The molecule has 1 unspecified atom stereocenters. The van der Waals surface area contributed by atoms with Crippen LogP contribution < -0.4 is 15.4 Å². The fourth-order valence-electron chi connectivity index (χ4n) is 3.38. The van der Waals surface area contributed by atoms with Gasteiger partial charge in [-0.25, -0.2) is 4.99 Å². The Morgan fingerprint density at radius 3 is 2.77 bits per heavy atom. The molecule has 0 aliphatic carbocycles. The molecule has 0 bridgehead atoms. The first kappa shape index (κ1) is 25.0. The molecule has 1 fully saturated rings. The number of nitrogens with one attached hydrogen (secondary N) is 2. The summed E-state index contributed by atoms with van der Waals surface area (Å²) in [6.07, 6.45) is 5.59. The van der Waals surface area contributed by atoms with E-state index in [4.69, 9.17) is 19.2 Å². The SMILES string of the molecule is CCNC(=NCc1ccc(C)cc1OC1CCOC1)NCCCCCCC(=O)OCC. The fraction of sp³-hybridized carbons (Fsp3) is 0.667. The first-order valence-electron chi connectivity index (χ1n) is 11.6. The highest BCUT2D eigenvalue weighted by atomic mass is 16.5. The van der Waals surface area contributed by atoms with Crippen molar-refractivity contribution in [3.8, 4) is 5.75 Å². The quantitative estimate of drug-likeness (QED) is 0.214. The van der Waals surface area contributed by atoms with E-state index in [0.717, 1.165) is 69.1 Å². The smallest absolute Gasteiger partial charge is 0.305 e. The van der Waals surface area contributed by atoms with Crippen LogP contribution in [0.25, 0.3) is 0 Å². The summed E-state index contributed by atoms with van der Waals surface area (Å²) >= 11 is 0. The van der Waals surface area contributed by atoms with Crippen molar-refractivity contribution in [3.05, 3.63) is 29.3 Å². The summed E-state index contributed by atoms with van der Waals surface area (Å²) in [7, 11) is 0. The number of hydrogen-bond donors (Lipinski definition) is 2. The first-order chi connectivity index (χ1) is 15.1. The molecular weight excluding hydrogens is 394 g/mol. The molecule has 7 nitrogen and oxygen atoms in total. The highest BCUT2D eigenvalue weighted by molar-refractivity contribution is 5.79. The van der Waals surface area contributed by atoms with E-state index in [0.29, 0.717) is 26.2 Å². The number of aryl methyl sites for hydroxylation is 1. The van der Waals surface area contributed by atoms with Crippen molar-refractivity contribution in [1.82, 2.24) is 10.6 Å². The Hall–Kier alpha value is -2.28. The normalized spacial score (nSPS) is 16.2. The lowest BCUT2D eigenvalue weighted by molar-refractivity contribution is -0.143. The lowest BCUT2D eigenvalue weighted by atomic mass is 10.1. The standard InChI is InChI=1S/C24H39N3O4/c1-4-25-24(26-14-9-7-6-8-10-23(28)30-5-2)27-17-20-12-11-19(3)16-22(20)31-21-13-15-29-18-21/h11-12,16,21H,4-10,13-15,17-18H2,1-3H3,(H2,25,26,27). The molecular formula is C24H39N3O4. The van der Waals surface area contributed by atoms with Gasteiger partial charge in [-0.2, -0.15) is 0 Å². The fourth-order valence-corrected chi connectivity index (χ4v) is 3.38. The van der Waals surface area contributed by atoms with E-state index in [2.05, 4.69) is 42.7 Å².